The molecule has 0 spiro atoms. The minimum atomic E-state index is -0.277. The average molecular weight is 335 g/mol. The third kappa shape index (κ3) is 8.32. The van der Waals surface area contributed by atoms with Crippen molar-refractivity contribution in [2.45, 2.75) is 84.1 Å². The predicted octanol–water partition coefficient (Wildman–Crippen LogP) is 4.01. The van der Waals surface area contributed by atoms with Crippen LogP contribution in [0.25, 0.3) is 0 Å². The Hall–Kier alpha value is -1.58. The van der Waals surface area contributed by atoms with Crippen LogP contribution in [0, 0.1) is 5.92 Å². The van der Waals surface area contributed by atoms with Crippen molar-refractivity contribution in [2.75, 3.05) is 0 Å². The Morgan fingerprint density at radius 2 is 1.46 bits per heavy atom. The second-order valence-electron chi connectivity index (χ2n) is 7.20. The molecule has 0 atom stereocenters. The molecule has 3 N–H and O–H groups in total. The maximum Gasteiger partial charge on any atom is 0.246 e. The Kier molecular flexibility index (Phi) is 9.43. The molecule has 2 saturated carbocycles. The van der Waals surface area contributed by atoms with E-state index in [0.29, 0.717) is 17.5 Å². The molecule has 0 saturated heterocycles. The average Bonchev–Trinajstić information content (AvgIpc) is 2.57. The summed E-state index contributed by atoms with van der Waals surface area (Å²) in [5, 5.41) is 2.98. The highest BCUT2D eigenvalue weighted by molar-refractivity contribution is 5.92. The molecule has 2 fully saturated rings. The topological polar surface area (TPSA) is 72.2 Å². The first-order valence-electron chi connectivity index (χ1n) is 9.34. The Labute approximate surface area is 147 Å². The summed E-state index contributed by atoms with van der Waals surface area (Å²) in [7, 11) is 0. The van der Waals surface area contributed by atoms with E-state index in [2.05, 4.69) is 11.9 Å². The predicted molar refractivity (Wildman–Crippen MR) is 99.4 cm³/mol. The van der Waals surface area contributed by atoms with Crippen molar-refractivity contribution in [2.24, 2.45) is 11.7 Å². The first kappa shape index (κ1) is 20.5. The van der Waals surface area contributed by atoms with E-state index in [9.17, 15) is 9.59 Å². The van der Waals surface area contributed by atoms with Crippen LogP contribution in [0.4, 0.5) is 0 Å². The quantitative estimate of drug-likeness (QED) is 0.762. The second-order valence-corrected chi connectivity index (χ2v) is 7.20. The summed E-state index contributed by atoms with van der Waals surface area (Å²) in [4.78, 5) is 21.9. The molecule has 4 heteroatoms. The monoisotopic (exact) mass is 334 g/mol. The van der Waals surface area contributed by atoms with Gasteiger partial charge >= 0.3 is 0 Å². The number of hydrogen-bond acceptors (Lipinski definition) is 2. The number of nitrogens with one attached hydrogen (secondary N) is 1. The van der Waals surface area contributed by atoms with E-state index in [1.54, 1.807) is 13.8 Å². The van der Waals surface area contributed by atoms with Gasteiger partial charge in [-0.15, -0.1) is 0 Å². The van der Waals surface area contributed by atoms with Gasteiger partial charge in [-0.2, -0.15) is 0 Å². The van der Waals surface area contributed by atoms with Gasteiger partial charge in [0.25, 0.3) is 0 Å². The zero-order valence-electron chi connectivity index (χ0n) is 15.4. The molecule has 136 valence electrons. The van der Waals surface area contributed by atoms with Gasteiger partial charge in [0, 0.05) is 17.2 Å². The number of primary amides is 1. The zero-order chi connectivity index (χ0) is 17.9. The summed E-state index contributed by atoms with van der Waals surface area (Å²) < 4.78 is 0. The fraction of sp³-hybridized carbons (Fsp3) is 0.700. The van der Waals surface area contributed by atoms with E-state index in [0.717, 1.165) is 18.4 Å². The van der Waals surface area contributed by atoms with Crippen molar-refractivity contribution in [1.29, 1.82) is 0 Å². The van der Waals surface area contributed by atoms with E-state index < -0.39 is 0 Å². The van der Waals surface area contributed by atoms with Crippen molar-refractivity contribution in [1.82, 2.24) is 5.32 Å². The zero-order valence-corrected chi connectivity index (χ0v) is 15.4. The van der Waals surface area contributed by atoms with Gasteiger partial charge in [-0.1, -0.05) is 51.2 Å². The molecule has 0 unspecified atom stereocenters. The third-order valence-corrected chi connectivity index (χ3v) is 4.85. The molecule has 2 aliphatic carbocycles. The Morgan fingerprint density at radius 3 is 1.92 bits per heavy atom. The minimum Gasteiger partial charge on any atom is -0.366 e. The highest BCUT2D eigenvalue weighted by atomic mass is 16.2. The van der Waals surface area contributed by atoms with Crippen molar-refractivity contribution in [3.63, 3.8) is 0 Å². The smallest absolute Gasteiger partial charge is 0.246 e. The van der Waals surface area contributed by atoms with Crippen molar-refractivity contribution >= 4 is 11.8 Å². The van der Waals surface area contributed by atoms with Gasteiger partial charge in [-0.3, -0.25) is 9.59 Å². The molecule has 0 radical (unpaired) electrons. The highest BCUT2D eigenvalue weighted by Gasteiger charge is 2.15. The van der Waals surface area contributed by atoms with Gasteiger partial charge in [0.2, 0.25) is 11.8 Å². The number of carbonyl (C=O) groups excluding carboxylic acids is 2. The van der Waals surface area contributed by atoms with Gasteiger partial charge in [-0.05, 0) is 45.4 Å². The second kappa shape index (κ2) is 11.1. The number of amides is 2. The van der Waals surface area contributed by atoms with Crippen LogP contribution >= 0.6 is 0 Å². The van der Waals surface area contributed by atoms with E-state index in [-0.39, 0.29) is 11.8 Å². The summed E-state index contributed by atoms with van der Waals surface area (Å²) in [5.74, 6) is 0.341. The highest BCUT2D eigenvalue weighted by Crippen LogP contribution is 2.25. The molecule has 0 aromatic heterocycles. The lowest BCUT2D eigenvalue weighted by atomic mass is 9.88. The van der Waals surface area contributed by atoms with Crippen molar-refractivity contribution in [3.05, 3.63) is 23.8 Å². The van der Waals surface area contributed by atoms with E-state index in [1.165, 1.54) is 51.4 Å². The number of nitrogens with two attached hydrogens (primary N) is 1. The van der Waals surface area contributed by atoms with Gasteiger partial charge in [-0.25, -0.2) is 0 Å². The van der Waals surface area contributed by atoms with Crippen LogP contribution < -0.4 is 11.1 Å². The minimum absolute atomic E-state index is 0.0156. The molecular formula is C20H34N2O2. The molecule has 0 heterocycles. The maximum absolute atomic E-state index is 11.2. The Balaban J connectivity index is 0.000000240. The van der Waals surface area contributed by atoms with Crippen LogP contribution in [0.2, 0.25) is 0 Å². The van der Waals surface area contributed by atoms with Crippen LogP contribution in [0.1, 0.15) is 78.1 Å². The van der Waals surface area contributed by atoms with Crippen LogP contribution in [-0.2, 0) is 9.59 Å². The van der Waals surface area contributed by atoms with Crippen molar-refractivity contribution in [3.8, 4) is 0 Å². The molecule has 2 amide bonds. The summed E-state index contributed by atoms with van der Waals surface area (Å²) in [6, 6.07) is 0.406. The van der Waals surface area contributed by atoms with Crippen LogP contribution in [0.5, 0.6) is 0 Å². The van der Waals surface area contributed by atoms with E-state index in [4.69, 9.17) is 5.73 Å². The lowest BCUT2D eigenvalue weighted by Crippen LogP contribution is -2.36. The number of allylic oxidation sites excluding steroid dienone is 1. The number of carbonyl (C=O) groups is 2. The fourth-order valence-corrected chi connectivity index (χ4v) is 3.29. The SMILES string of the molecule is C=C(C)C(=O)NC1CCCCC1.CC(=CC1CCCCC1)C(N)=O. The van der Waals surface area contributed by atoms with E-state index >= 15 is 0 Å². The van der Waals surface area contributed by atoms with Gasteiger partial charge < -0.3 is 11.1 Å². The van der Waals surface area contributed by atoms with Gasteiger partial charge in [0.1, 0.15) is 0 Å². The Morgan fingerprint density at radius 1 is 0.958 bits per heavy atom. The molecule has 0 bridgehead atoms. The summed E-state index contributed by atoms with van der Waals surface area (Å²) in [5.41, 5.74) is 6.48. The third-order valence-electron chi connectivity index (χ3n) is 4.85. The molecule has 0 aliphatic heterocycles. The van der Waals surface area contributed by atoms with Crippen LogP contribution in [0.3, 0.4) is 0 Å². The van der Waals surface area contributed by atoms with Crippen LogP contribution in [-0.4, -0.2) is 17.9 Å². The maximum atomic E-state index is 11.2. The fourth-order valence-electron chi connectivity index (χ4n) is 3.29. The van der Waals surface area contributed by atoms with E-state index in [1.807, 2.05) is 6.08 Å². The van der Waals surface area contributed by atoms with Gasteiger partial charge in [0.15, 0.2) is 0 Å². The number of rotatable bonds is 4. The van der Waals surface area contributed by atoms with Crippen LogP contribution in [0.15, 0.2) is 23.8 Å². The van der Waals surface area contributed by atoms with Crippen molar-refractivity contribution < 1.29 is 9.59 Å². The van der Waals surface area contributed by atoms with Gasteiger partial charge in [0.05, 0.1) is 0 Å². The molecule has 4 nitrogen and oxygen atoms in total. The molecule has 0 aromatic carbocycles. The lowest BCUT2D eigenvalue weighted by molar-refractivity contribution is -0.118. The first-order chi connectivity index (χ1) is 11.4. The normalized spacial score (nSPS) is 19.8. The summed E-state index contributed by atoms with van der Waals surface area (Å²) in [6.45, 7) is 7.16. The molecular weight excluding hydrogens is 300 g/mol. The molecule has 24 heavy (non-hydrogen) atoms. The largest absolute Gasteiger partial charge is 0.366 e. The Bertz CT molecular complexity index is 456. The molecule has 2 rings (SSSR count). The number of hydrogen-bond donors (Lipinski definition) is 2. The standard InChI is InChI=1S/2C10H17NO/c1-8(2)10(12)11-9-6-4-3-5-7-9;1-8(10(11)12)7-9-5-3-2-4-6-9/h9H,1,3-7H2,2H3,(H,11,12);7,9H,2-6H2,1H3,(H2,11,12). The molecule has 0 aromatic rings. The first-order valence-corrected chi connectivity index (χ1v) is 9.34. The summed E-state index contributed by atoms with van der Waals surface area (Å²) >= 11 is 0. The summed E-state index contributed by atoms with van der Waals surface area (Å²) in [6.07, 6.45) is 14.5. The molecule has 2 aliphatic rings. The lowest BCUT2D eigenvalue weighted by Gasteiger charge is -2.22.